The fourth-order valence-electron chi connectivity index (χ4n) is 1.58. The molecule has 4 heteroatoms. The van der Waals surface area contributed by atoms with Gasteiger partial charge in [0.1, 0.15) is 18.1 Å². The molecule has 0 N–H and O–H groups in total. The van der Waals surface area contributed by atoms with Gasteiger partial charge in [-0.3, -0.25) is 0 Å². The monoisotopic (exact) mass is 293 g/mol. The molecule has 0 aliphatic carbocycles. The number of hydrogen-bond acceptors (Lipinski definition) is 4. The number of hydrogen-bond donors (Lipinski definition) is 0. The second kappa shape index (κ2) is 8.55. The quantitative estimate of drug-likeness (QED) is 0.528. The van der Waals surface area contributed by atoms with E-state index in [-0.39, 0.29) is 12.2 Å². The van der Waals surface area contributed by atoms with Gasteiger partial charge in [-0.05, 0) is 64.8 Å². The van der Waals surface area contributed by atoms with Crippen LogP contribution >= 0.6 is 0 Å². The van der Waals surface area contributed by atoms with Crippen LogP contribution < -0.4 is 9.47 Å². The summed E-state index contributed by atoms with van der Waals surface area (Å²) in [4.78, 5) is 5.28. The van der Waals surface area contributed by atoms with Crippen molar-refractivity contribution in [1.82, 2.24) is 0 Å². The van der Waals surface area contributed by atoms with E-state index in [0.29, 0.717) is 6.61 Å². The van der Waals surface area contributed by atoms with E-state index >= 15 is 0 Å². The second-order valence-electron chi connectivity index (χ2n) is 5.53. The highest BCUT2D eigenvalue weighted by atomic mass is 16.6. The predicted octanol–water partition coefficient (Wildman–Crippen LogP) is 4.35. The number of rotatable bonds is 8. The number of benzene rings is 1. The molecule has 0 saturated carbocycles. The Kier molecular flexibility index (Phi) is 7.06. The summed E-state index contributed by atoms with van der Waals surface area (Å²) in [6, 6.07) is 5.86. The molecule has 1 aromatic rings. The molecule has 4 nitrogen and oxygen atoms in total. The predicted molar refractivity (Wildman–Crippen MR) is 86.4 cm³/mol. The summed E-state index contributed by atoms with van der Waals surface area (Å²) < 4.78 is 11.6. The number of ether oxygens (including phenoxy) is 2. The highest BCUT2D eigenvalue weighted by Gasteiger charge is 2.08. The maximum atomic E-state index is 5.84. The lowest BCUT2D eigenvalue weighted by molar-refractivity contribution is 0.0364. The summed E-state index contributed by atoms with van der Waals surface area (Å²) in [6.45, 7) is 12.4. The van der Waals surface area contributed by atoms with Crippen molar-refractivity contribution in [2.45, 2.75) is 60.2 Å². The van der Waals surface area contributed by atoms with Crippen LogP contribution in [-0.2, 0) is 4.84 Å². The maximum absolute atomic E-state index is 5.84. The Bertz CT molecular complexity index is 467. The minimum Gasteiger partial charge on any atom is -0.490 e. The second-order valence-corrected chi connectivity index (χ2v) is 5.53. The molecule has 0 aliphatic heterocycles. The summed E-state index contributed by atoms with van der Waals surface area (Å²) in [6.07, 6.45) is 1.12. The first-order chi connectivity index (χ1) is 9.92. The highest BCUT2D eigenvalue weighted by molar-refractivity contribution is 5.78. The average molecular weight is 293 g/mol. The Labute approximate surface area is 128 Å². The minimum absolute atomic E-state index is 0.0868. The van der Waals surface area contributed by atoms with Crippen molar-refractivity contribution < 1.29 is 14.3 Å². The molecular weight excluding hydrogens is 266 g/mol. The molecule has 21 heavy (non-hydrogen) atoms. The number of oxime groups is 1. The minimum atomic E-state index is -0.0868. The highest BCUT2D eigenvalue weighted by Crippen LogP contribution is 2.25. The summed E-state index contributed by atoms with van der Waals surface area (Å²) in [5.41, 5.74) is 1.97. The van der Waals surface area contributed by atoms with Crippen molar-refractivity contribution in [2.75, 3.05) is 6.61 Å². The van der Waals surface area contributed by atoms with Gasteiger partial charge in [0.15, 0.2) is 6.10 Å². The van der Waals surface area contributed by atoms with Gasteiger partial charge >= 0.3 is 0 Å². The summed E-state index contributed by atoms with van der Waals surface area (Å²) in [5, 5.41) is 3.93. The number of aryl methyl sites for hydroxylation is 1. The molecule has 0 aromatic heterocycles. The molecular formula is C17H27NO3. The van der Waals surface area contributed by atoms with Crippen LogP contribution in [0.25, 0.3) is 0 Å². The Balaban J connectivity index is 2.53. The smallest absolute Gasteiger partial charge is 0.158 e. The third-order valence-corrected chi connectivity index (χ3v) is 2.95. The van der Waals surface area contributed by atoms with Crippen LogP contribution in [-0.4, -0.2) is 24.5 Å². The maximum Gasteiger partial charge on any atom is 0.158 e. The largest absolute Gasteiger partial charge is 0.490 e. The van der Waals surface area contributed by atoms with Crippen LogP contribution in [0.1, 0.15) is 46.6 Å². The van der Waals surface area contributed by atoms with Gasteiger partial charge in [-0.15, -0.1) is 0 Å². The Morgan fingerprint density at radius 3 is 2.48 bits per heavy atom. The van der Waals surface area contributed by atoms with Crippen molar-refractivity contribution in [3.8, 4) is 11.5 Å². The van der Waals surface area contributed by atoms with Gasteiger partial charge in [-0.25, -0.2) is 0 Å². The van der Waals surface area contributed by atoms with Gasteiger partial charge in [0.25, 0.3) is 0 Å². The van der Waals surface area contributed by atoms with E-state index in [1.54, 1.807) is 0 Å². The van der Waals surface area contributed by atoms with Crippen LogP contribution in [0.5, 0.6) is 11.5 Å². The molecule has 2 atom stereocenters. The fourth-order valence-corrected chi connectivity index (χ4v) is 1.58. The Hall–Kier alpha value is -1.71. The normalized spacial score (nSPS) is 13.2. The molecule has 0 saturated heterocycles. The van der Waals surface area contributed by atoms with Crippen LogP contribution in [0.4, 0.5) is 0 Å². The molecule has 0 fully saturated rings. The van der Waals surface area contributed by atoms with Crippen molar-refractivity contribution >= 4 is 5.71 Å². The van der Waals surface area contributed by atoms with Gasteiger partial charge in [-0.1, -0.05) is 12.1 Å². The lowest BCUT2D eigenvalue weighted by Gasteiger charge is -2.16. The Morgan fingerprint density at radius 1 is 1.19 bits per heavy atom. The van der Waals surface area contributed by atoms with Gasteiger partial charge in [0, 0.05) is 0 Å². The molecule has 0 heterocycles. The SMILES string of the molecule is CCC(C)Oc1ccc(OCC(C)ON=C(C)C)cc1C. The molecule has 1 rings (SSSR count). The molecule has 118 valence electrons. The van der Waals surface area contributed by atoms with E-state index in [1.165, 1.54) is 0 Å². The first-order valence-corrected chi connectivity index (χ1v) is 7.49. The van der Waals surface area contributed by atoms with E-state index in [0.717, 1.165) is 29.2 Å². The molecule has 1 aromatic carbocycles. The molecule has 0 amide bonds. The lowest BCUT2D eigenvalue weighted by atomic mass is 10.2. The van der Waals surface area contributed by atoms with Crippen molar-refractivity contribution in [3.63, 3.8) is 0 Å². The summed E-state index contributed by atoms with van der Waals surface area (Å²) in [5.74, 6) is 1.73. The van der Waals surface area contributed by atoms with E-state index in [9.17, 15) is 0 Å². The van der Waals surface area contributed by atoms with Crippen LogP contribution in [0.2, 0.25) is 0 Å². The first-order valence-electron chi connectivity index (χ1n) is 7.49. The van der Waals surface area contributed by atoms with E-state index in [2.05, 4.69) is 19.0 Å². The van der Waals surface area contributed by atoms with Gasteiger partial charge in [0.05, 0.1) is 11.8 Å². The lowest BCUT2D eigenvalue weighted by Crippen LogP contribution is -2.16. The van der Waals surface area contributed by atoms with Crippen LogP contribution in [0, 0.1) is 6.92 Å². The topological polar surface area (TPSA) is 40.0 Å². The zero-order valence-electron chi connectivity index (χ0n) is 14.0. The van der Waals surface area contributed by atoms with Crippen LogP contribution in [0.15, 0.2) is 23.4 Å². The van der Waals surface area contributed by atoms with Crippen molar-refractivity contribution in [2.24, 2.45) is 5.16 Å². The third kappa shape index (κ3) is 6.52. The van der Waals surface area contributed by atoms with E-state index in [4.69, 9.17) is 14.3 Å². The molecule has 0 spiro atoms. The molecule has 2 unspecified atom stereocenters. The zero-order valence-corrected chi connectivity index (χ0v) is 14.0. The number of nitrogens with zero attached hydrogens (tertiary/aromatic N) is 1. The first kappa shape index (κ1) is 17.3. The van der Waals surface area contributed by atoms with Gasteiger partial charge in [0.2, 0.25) is 0 Å². The van der Waals surface area contributed by atoms with Crippen molar-refractivity contribution in [3.05, 3.63) is 23.8 Å². The third-order valence-electron chi connectivity index (χ3n) is 2.95. The fraction of sp³-hybridized carbons (Fsp3) is 0.588. The van der Waals surface area contributed by atoms with E-state index < -0.39 is 0 Å². The molecule has 0 radical (unpaired) electrons. The Morgan fingerprint density at radius 2 is 1.90 bits per heavy atom. The van der Waals surface area contributed by atoms with Crippen molar-refractivity contribution in [1.29, 1.82) is 0 Å². The zero-order chi connectivity index (χ0) is 15.8. The molecule has 0 aliphatic rings. The van der Waals surface area contributed by atoms with E-state index in [1.807, 2.05) is 45.9 Å². The standard InChI is InChI=1S/C17H27NO3/c1-7-14(5)20-17-9-8-16(10-13(17)4)19-11-15(6)21-18-12(2)3/h8-10,14-15H,7,11H2,1-6H3. The molecule has 0 bridgehead atoms. The van der Waals surface area contributed by atoms with Crippen LogP contribution in [0.3, 0.4) is 0 Å². The summed E-state index contributed by atoms with van der Waals surface area (Å²) >= 11 is 0. The van der Waals surface area contributed by atoms with Gasteiger partial charge in [-0.2, -0.15) is 0 Å². The summed E-state index contributed by atoms with van der Waals surface area (Å²) in [7, 11) is 0. The average Bonchev–Trinajstić information content (AvgIpc) is 2.45. The van der Waals surface area contributed by atoms with Gasteiger partial charge < -0.3 is 14.3 Å².